The summed E-state index contributed by atoms with van der Waals surface area (Å²) in [6, 6.07) is 28.3. The van der Waals surface area contributed by atoms with Crippen LogP contribution in [0.5, 0.6) is 0 Å². The lowest BCUT2D eigenvalue weighted by Crippen LogP contribution is -2.53. The van der Waals surface area contributed by atoms with E-state index in [2.05, 4.69) is 5.32 Å². The number of hydrogen-bond donors (Lipinski definition) is 1. The van der Waals surface area contributed by atoms with Gasteiger partial charge in [-0.05, 0) is 72.0 Å². The van der Waals surface area contributed by atoms with Crippen molar-refractivity contribution in [3.8, 4) is 0 Å². The quantitative estimate of drug-likeness (QED) is 0.168. The number of halogens is 2. The van der Waals surface area contributed by atoms with Crippen molar-refractivity contribution < 1.29 is 18.0 Å². The smallest absolute Gasteiger partial charge is 0.264 e. The minimum Gasteiger partial charge on any atom is -0.354 e. The van der Waals surface area contributed by atoms with Crippen LogP contribution in [0.2, 0.25) is 10.0 Å². The predicted molar refractivity (Wildman–Crippen MR) is 181 cm³/mol. The molecule has 10 heteroatoms. The molecule has 0 radical (unpaired) electrons. The van der Waals surface area contributed by atoms with E-state index in [1.807, 2.05) is 50.2 Å². The van der Waals surface area contributed by atoms with Gasteiger partial charge in [0.1, 0.15) is 12.6 Å². The molecule has 236 valence electrons. The highest BCUT2D eigenvalue weighted by molar-refractivity contribution is 7.92. The lowest BCUT2D eigenvalue weighted by Gasteiger charge is -2.34. The second kappa shape index (κ2) is 15.4. The van der Waals surface area contributed by atoms with E-state index in [1.165, 1.54) is 17.0 Å². The lowest BCUT2D eigenvalue weighted by molar-refractivity contribution is -0.140. The Kier molecular flexibility index (Phi) is 11.7. The van der Waals surface area contributed by atoms with Crippen molar-refractivity contribution in [1.29, 1.82) is 0 Å². The Hall–Kier alpha value is -3.85. The first kappa shape index (κ1) is 34.0. The molecule has 7 nitrogen and oxygen atoms in total. The van der Waals surface area contributed by atoms with E-state index in [4.69, 9.17) is 23.2 Å². The molecule has 4 aromatic rings. The fraction of sp³-hybridized carbons (Fsp3) is 0.257. The van der Waals surface area contributed by atoms with Crippen LogP contribution >= 0.6 is 23.2 Å². The highest BCUT2D eigenvalue weighted by Gasteiger charge is 2.35. The van der Waals surface area contributed by atoms with Crippen LogP contribution in [0.4, 0.5) is 5.69 Å². The number of carbonyl (C=O) groups is 2. The van der Waals surface area contributed by atoms with E-state index in [0.29, 0.717) is 33.4 Å². The molecule has 0 heterocycles. The van der Waals surface area contributed by atoms with Gasteiger partial charge < -0.3 is 10.2 Å². The van der Waals surface area contributed by atoms with E-state index in [-0.39, 0.29) is 29.7 Å². The Bertz CT molecular complexity index is 1720. The fourth-order valence-electron chi connectivity index (χ4n) is 4.94. The molecule has 0 aliphatic carbocycles. The highest BCUT2D eigenvalue weighted by atomic mass is 35.5. The van der Waals surface area contributed by atoms with Crippen LogP contribution in [0.25, 0.3) is 0 Å². The number of sulfonamides is 1. The van der Waals surface area contributed by atoms with Crippen LogP contribution in [-0.4, -0.2) is 44.3 Å². The van der Waals surface area contributed by atoms with E-state index in [1.54, 1.807) is 61.5 Å². The first-order valence-electron chi connectivity index (χ1n) is 14.6. The summed E-state index contributed by atoms with van der Waals surface area (Å²) in [5.74, 6) is -0.699. The largest absolute Gasteiger partial charge is 0.354 e. The van der Waals surface area contributed by atoms with Gasteiger partial charge in [-0.15, -0.1) is 0 Å². The molecule has 0 aromatic heterocycles. The van der Waals surface area contributed by atoms with Gasteiger partial charge in [0, 0.05) is 29.6 Å². The Morgan fingerprint density at radius 2 is 1.42 bits per heavy atom. The summed E-state index contributed by atoms with van der Waals surface area (Å²) in [6.07, 6.45) is 0.225. The number of amides is 2. The average Bonchev–Trinajstić information content (AvgIpc) is 3.01. The number of hydrogen-bond acceptors (Lipinski definition) is 4. The van der Waals surface area contributed by atoms with E-state index in [9.17, 15) is 18.0 Å². The SMILES string of the molecule is Cc1cc(Cl)ccc1N(CC(=O)N(Cc1cccc(Cl)c1)[C@H](Cc1ccccc1)C(=O)NCC(C)C)S(=O)(=O)c1ccccc1. The molecule has 1 N–H and O–H groups in total. The van der Waals surface area contributed by atoms with E-state index in [0.717, 1.165) is 9.87 Å². The maximum absolute atomic E-state index is 14.5. The Morgan fingerprint density at radius 3 is 2.04 bits per heavy atom. The number of benzene rings is 4. The Morgan fingerprint density at radius 1 is 0.800 bits per heavy atom. The number of anilines is 1. The number of aryl methyl sites for hydroxylation is 1. The van der Waals surface area contributed by atoms with Gasteiger partial charge in [-0.1, -0.05) is 97.7 Å². The van der Waals surface area contributed by atoms with Crippen LogP contribution in [0.15, 0.2) is 108 Å². The van der Waals surface area contributed by atoms with Crippen molar-refractivity contribution in [3.63, 3.8) is 0 Å². The van der Waals surface area contributed by atoms with Gasteiger partial charge in [0.25, 0.3) is 10.0 Å². The zero-order valence-electron chi connectivity index (χ0n) is 25.5. The zero-order chi connectivity index (χ0) is 32.6. The number of nitrogens with one attached hydrogen (secondary N) is 1. The summed E-state index contributed by atoms with van der Waals surface area (Å²) in [7, 11) is -4.20. The van der Waals surface area contributed by atoms with Gasteiger partial charge in [-0.3, -0.25) is 13.9 Å². The van der Waals surface area contributed by atoms with Crippen LogP contribution < -0.4 is 9.62 Å². The van der Waals surface area contributed by atoms with Crippen molar-refractivity contribution >= 4 is 50.7 Å². The average molecular weight is 667 g/mol. The molecule has 0 bridgehead atoms. The van der Waals surface area contributed by atoms with Crippen molar-refractivity contribution in [1.82, 2.24) is 10.2 Å². The van der Waals surface area contributed by atoms with Crippen LogP contribution in [0.3, 0.4) is 0 Å². The lowest BCUT2D eigenvalue weighted by atomic mass is 10.0. The van der Waals surface area contributed by atoms with Gasteiger partial charge >= 0.3 is 0 Å². The molecule has 0 unspecified atom stereocenters. The number of carbonyl (C=O) groups excluding carboxylic acids is 2. The minimum absolute atomic E-state index is 0.0315. The zero-order valence-corrected chi connectivity index (χ0v) is 27.8. The van der Waals surface area contributed by atoms with Crippen molar-refractivity contribution in [2.75, 3.05) is 17.4 Å². The maximum Gasteiger partial charge on any atom is 0.264 e. The number of rotatable bonds is 13. The van der Waals surface area contributed by atoms with Crippen molar-refractivity contribution in [2.45, 2.75) is 44.7 Å². The third-order valence-electron chi connectivity index (χ3n) is 7.24. The van der Waals surface area contributed by atoms with Crippen LogP contribution in [-0.2, 0) is 32.6 Å². The van der Waals surface area contributed by atoms with Crippen molar-refractivity contribution in [3.05, 3.63) is 130 Å². The summed E-state index contributed by atoms with van der Waals surface area (Å²) >= 11 is 12.5. The normalized spacial score (nSPS) is 12.0. The second-order valence-corrected chi connectivity index (χ2v) is 14.0. The number of nitrogens with zero attached hydrogens (tertiary/aromatic N) is 2. The Balaban J connectivity index is 1.82. The van der Waals surface area contributed by atoms with Gasteiger partial charge in [-0.2, -0.15) is 0 Å². The summed E-state index contributed by atoms with van der Waals surface area (Å²) in [4.78, 5) is 29.9. The summed E-state index contributed by atoms with van der Waals surface area (Å²) in [5, 5.41) is 3.90. The molecule has 4 aromatic carbocycles. The summed E-state index contributed by atoms with van der Waals surface area (Å²) < 4.78 is 29.3. The molecule has 4 rings (SSSR count). The molecule has 45 heavy (non-hydrogen) atoms. The van der Waals surface area contributed by atoms with E-state index >= 15 is 0 Å². The van der Waals surface area contributed by atoms with Gasteiger partial charge in [0.05, 0.1) is 10.6 Å². The van der Waals surface area contributed by atoms with E-state index < -0.39 is 28.5 Å². The fourth-order valence-corrected chi connectivity index (χ4v) is 6.88. The van der Waals surface area contributed by atoms with Gasteiger partial charge in [-0.25, -0.2) is 8.42 Å². The first-order valence-corrected chi connectivity index (χ1v) is 16.8. The topological polar surface area (TPSA) is 86.8 Å². The maximum atomic E-state index is 14.5. The molecule has 0 spiro atoms. The summed E-state index contributed by atoms with van der Waals surface area (Å²) in [6.45, 7) is 5.61. The molecule has 0 saturated heterocycles. The molecule has 0 saturated carbocycles. The molecule has 1 atom stereocenters. The molecular weight excluding hydrogens is 629 g/mol. The van der Waals surface area contributed by atoms with Gasteiger partial charge in [0.15, 0.2) is 0 Å². The molecular formula is C35H37Cl2N3O4S. The first-order chi connectivity index (χ1) is 21.5. The summed E-state index contributed by atoms with van der Waals surface area (Å²) in [5.41, 5.74) is 2.44. The minimum atomic E-state index is -4.20. The Labute approximate surface area is 275 Å². The van der Waals surface area contributed by atoms with Crippen molar-refractivity contribution in [2.24, 2.45) is 5.92 Å². The molecule has 0 fully saturated rings. The van der Waals surface area contributed by atoms with Crippen LogP contribution in [0.1, 0.15) is 30.5 Å². The third kappa shape index (κ3) is 9.10. The van der Waals surface area contributed by atoms with Gasteiger partial charge in [0.2, 0.25) is 11.8 Å². The molecule has 0 aliphatic heterocycles. The predicted octanol–water partition coefficient (Wildman–Crippen LogP) is 6.91. The monoisotopic (exact) mass is 665 g/mol. The molecule has 0 aliphatic rings. The third-order valence-corrected chi connectivity index (χ3v) is 9.48. The standard InChI is InChI=1S/C35H37Cl2N3O4S/c1-25(2)22-38-35(42)33(21-27-11-6-4-7-12-27)39(23-28-13-10-14-29(36)20-28)34(41)24-40(32-18-17-30(37)19-26(32)3)45(43,44)31-15-8-5-9-16-31/h4-20,25,33H,21-24H2,1-3H3,(H,38,42)/t33-/m1/s1. The highest BCUT2D eigenvalue weighted by Crippen LogP contribution is 2.29. The second-order valence-electron chi connectivity index (χ2n) is 11.3. The molecule has 2 amide bonds. The van der Waals surface area contributed by atoms with Crippen LogP contribution in [0, 0.1) is 12.8 Å².